The van der Waals surface area contributed by atoms with E-state index < -0.39 is 23.8 Å². The van der Waals surface area contributed by atoms with Gasteiger partial charge in [0.1, 0.15) is 11.6 Å². The average Bonchev–Trinajstić information content (AvgIpc) is 2.54. The van der Waals surface area contributed by atoms with E-state index in [4.69, 9.17) is 32.7 Å². The molecule has 132 valence electrons. The van der Waals surface area contributed by atoms with Crippen LogP contribution in [0.1, 0.15) is 17.3 Å². The molecule has 2 aromatic carbocycles. The van der Waals surface area contributed by atoms with Crippen molar-refractivity contribution < 1.29 is 23.5 Å². The summed E-state index contributed by atoms with van der Waals surface area (Å²) in [4.78, 5) is 24.3. The van der Waals surface area contributed by atoms with Crippen LogP contribution in [0.5, 0.6) is 5.75 Å². The van der Waals surface area contributed by atoms with Gasteiger partial charge < -0.3 is 14.8 Å². The van der Waals surface area contributed by atoms with E-state index in [-0.39, 0.29) is 10.6 Å². The third kappa shape index (κ3) is 4.84. The van der Waals surface area contributed by atoms with E-state index in [1.54, 1.807) is 12.1 Å². The zero-order valence-corrected chi connectivity index (χ0v) is 14.8. The molecule has 2 aromatic rings. The van der Waals surface area contributed by atoms with Crippen molar-refractivity contribution in [3.05, 3.63) is 57.8 Å². The Hall–Kier alpha value is -2.31. The number of carbonyl (C=O) groups is 2. The highest BCUT2D eigenvalue weighted by atomic mass is 35.5. The monoisotopic (exact) mass is 385 g/mol. The first-order valence-corrected chi connectivity index (χ1v) is 7.88. The first-order chi connectivity index (χ1) is 11.8. The Morgan fingerprint density at radius 3 is 2.52 bits per heavy atom. The number of anilines is 1. The van der Waals surface area contributed by atoms with E-state index in [2.05, 4.69) is 5.32 Å². The number of benzene rings is 2. The van der Waals surface area contributed by atoms with Gasteiger partial charge in [-0.15, -0.1) is 0 Å². The molecule has 1 unspecified atom stereocenters. The normalized spacial score (nSPS) is 11.6. The topological polar surface area (TPSA) is 64.6 Å². The van der Waals surface area contributed by atoms with Crippen LogP contribution in [-0.4, -0.2) is 25.1 Å². The molecular weight excluding hydrogens is 372 g/mol. The Bertz CT molecular complexity index is 813. The van der Waals surface area contributed by atoms with Crippen molar-refractivity contribution in [2.75, 3.05) is 12.4 Å². The summed E-state index contributed by atoms with van der Waals surface area (Å²) in [5.41, 5.74) is 0.297. The van der Waals surface area contributed by atoms with Crippen LogP contribution in [0.2, 0.25) is 10.0 Å². The predicted octanol–water partition coefficient (Wildman–Crippen LogP) is 4.33. The van der Waals surface area contributed by atoms with E-state index in [1.165, 1.54) is 26.2 Å². The van der Waals surface area contributed by atoms with Crippen LogP contribution < -0.4 is 10.1 Å². The molecule has 8 heteroatoms. The first-order valence-electron chi connectivity index (χ1n) is 7.12. The van der Waals surface area contributed by atoms with Crippen LogP contribution in [0, 0.1) is 5.82 Å². The van der Waals surface area contributed by atoms with Gasteiger partial charge in [-0.3, -0.25) is 4.79 Å². The minimum Gasteiger partial charge on any atom is -0.495 e. The zero-order valence-electron chi connectivity index (χ0n) is 13.3. The standard InChI is InChI=1S/C17H14Cl2FNO4/c1-9(25-17(23)12-5-4-11(20)8-13(12)19)16(22)21-14-7-10(18)3-6-15(14)24-2/h3-9H,1-2H3,(H,21,22). The lowest BCUT2D eigenvalue weighted by Gasteiger charge is -2.15. The summed E-state index contributed by atoms with van der Waals surface area (Å²) in [5, 5.41) is 2.86. The highest BCUT2D eigenvalue weighted by molar-refractivity contribution is 6.33. The molecule has 0 aliphatic carbocycles. The van der Waals surface area contributed by atoms with Gasteiger partial charge in [-0.1, -0.05) is 23.2 Å². The van der Waals surface area contributed by atoms with Crippen molar-refractivity contribution in [2.24, 2.45) is 0 Å². The molecule has 0 aliphatic heterocycles. The molecule has 0 aromatic heterocycles. The van der Waals surface area contributed by atoms with Gasteiger partial charge in [-0.05, 0) is 43.3 Å². The number of halogens is 3. The number of rotatable bonds is 5. The largest absolute Gasteiger partial charge is 0.495 e. The van der Waals surface area contributed by atoms with Crippen molar-refractivity contribution in [1.82, 2.24) is 0 Å². The molecule has 0 aliphatic rings. The van der Waals surface area contributed by atoms with Gasteiger partial charge in [0, 0.05) is 5.02 Å². The molecule has 5 nitrogen and oxygen atoms in total. The fourth-order valence-electron chi connectivity index (χ4n) is 1.94. The summed E-state index contributed by atoms with van der Waals surface area (Å²) in [7, 11) is 1.44. The van der Waals surface area contributed by atoms with Gasteiger partial charge >= 0.3 is 5.97 Å². The molecule has 25 heavy (non-hydrogen) atoms. The van der Waals surface area contributed by atoms with Gasteiger partial charge in [0.25, 0.3) is 5.91 Å². The minimum absolute atomic E-state index is 0.0388. The summed E-state index contributed by atoms with van der Waals surface area (Å²) in [6, 6.07) is 7.95. The Labute approximate surface area is 153 Å². The number of amides is 1. The third-order valence-corrected chi connectivity index (χ3v) is 3.77. The predicted molar refractivity (Wildman–Crippen MR) is 92.9 cm³/mol. The number of carbonyl (C=O) groups excluding carboxylic acids is 2. The molecule has 1 amide bonds. The number of nitrogens with one attached hydrogen (secondary N) is 1. The maximum atomic E-state index is 13.0. The van der Waals surface area contributed by atoms with Crippen LogP contribution in [-0.2, 0) is 9.53 Å². The SMILES string of the molecule is COc1ccc(Cl)cc1NC(=O)C(C)OC(=O)c1ccc(F)cc1Cl. The lowest BCUT2D eigenvalue weighted by molar-refractivity contribution is -0.123. The molecule has 1 atom stereocenters. The van der Waals surface area contributed by atoms with Crippen LogP contribution >= 0.6 is 23.2 Å². The second kappa shape index (κ2) is 8.18. The molecule has 2 rings (SSSR count). The summed E-state index contributed by atoms with van der Waals surface area (Å²) in [5.74, 6) is -1.61. The van der Waals surface area contributed by atoms with Gasteiger partial charge in [0.15, 0.2) is 6.10 Å². The second-order valence-electron chi connectivity index (χ2n) is 5.01. The fourth-order valence-corrected chi connectivity index (χ4v) is 2.36. The Morgan fingerprint density at radius 2 is 1.88 bits per heavy atom. The molecule has 0 spiro atoms. The summed E-state index contributed by atoms with van der Waals surface area (Å²) in [6.07, 6.45) is -1.13. The third-order valence-electron chi connectivity index (χ3n) is 3.22. The number of esters is 1. The number of hydrogen-bond acceptors (Lipinski definition) is 4. The highest BCUT2D eigenvalue weighted by Crippen LogP contribution is 2.28. The fraction of sp³-hybridized carbons (Fsp3) is 0.176. The van der Waals surface area contributed by atoms with E-state index in [1.807, 2.05) is 0 Å². The lowest BCUT2D eigenvalue weighted by atomic mass is 10.2. The van der Waals surface area contributed by atoms with Crippen molar-refractivity contribution in [3.63, 3.8) is 0 Å². The van der Waals surface area contributed by atoms with Crippen molar-refractivity contribution >= 4 is 40.8 Å². The van der Waals surface area contributed by atoms with Gasteiger partial charge in [0.2, 0.25) is 0 Å². The Balaban J connectivity index is 2.07. The molecule has 0 radical (unpaired) electrons. The van der Waals surface area contributed by atoms with Crippen molar-refractivity contribution in [3.8, 4) is 5.75 Å². The van der Waals surface area contributed by atoms with E-state index in [0.717, 1.165) is 12.1 Å². The first kappa shape index (κ1) is 19.0. The van der Waals surface area contributed by atoms with Crippen LogP contribution in [0.15, 0.2) is 36.4 Å². The van der Waals surface area contributed by atoms with E-state index in [9.17, 15) is 14.0 Å². The van der Waals surface area contributed by atoms with E-state index in [0.29, 0.717) is 16.5 Å². The highest BCUT2D eigenvalue weighted by Gasteiger charge is 2.22. The molecule has 0 bridgehead atoms. The molecule has 0 saturated carbocycles. The molecular formula is C17H14Cl2FNO4. The van der Waals surface area contributed by atoms with Gasteiger partial charge in [-0.2, -0.15) is 0 Å². The lowest BCUT2D eigenvalue weighted by Crippen LogP contribution is -2.30. The molecule has 0 fully saturated rings. The van der Waals surface area contributed by atoms with Crippen LogP contribution in [0.25, 0.3) is 0 Å². The quantitative estimate of drug-likeness (QED) is 0.778. The maximum absolute atomic E-state index is 13.0. The van der Waals surface area contributed by atoms with Crippen LogP contribution in [0.4, 0.5) is 10.1 Å². The molecule has 0 heterocycles. The van der Waals surface area contributed by atoms with Crippen LogP contribution in [0.3, 0.4) is 0 Å². The Morgan fingerprint density at radius 1 is 1.16 bits per heavy atom. The van der Waals surface area contributed by atoms with Gasteiger partial charge in [0.05, 0.1) is 23.4 Å². The number of methoxy groups -OCH3 is 1. The zero-order chi connectivity index (χ0) is 18.6. The minimum atomic E-state index is -1.13. The van der Waals surface area contributed by atoms with Gasteiger partial charge in [-0.25, -0.2) is 9.18 Å². The average molecular weight is 386 g/mol. The van der Waals surface area contributed by atoms with Crippen molar-refractivity contribution in [1.29, 1.82) is 0 Å². The Kier molecular flexibility index (Phi) is 6.22. The summed E-state index contributed by atoms with van der Waals surface area (Å²) in [6.45, 7) is 1.39. The number of hydrogen-bond donors (Lipinski definition) is 1. The second-order valence-corrected chi connectivity index (χ2v) is 5.85. The summed E-state index contributed by atoms with van der Waals surface area (Å²) >= 11 is 11.7. The smallest absolute Gasteiger partial charge is 0.340 e. The molecule has 0 saturated heterocycles. The molecule has 1 N–H and O–H groups in total. The number of ether oxygens (including phenoxy) is 2. The van der Waals surface area contributed by atoms with E-state index >= 15 is 0 Å². The maximum Gasteiger partial charge on any atom is 0.340 e. The summed E-state index contributed by atoms with van der Waals surface area (Å²) < 4.78 is 23.2. The van der Waals surface area contributed by atoms with Crippen molar-refractivity contribution in [2.45, 2.75) is 13.0 Å².